The predicted molar refractivity (Wildman–Crippen MR) is 82.8 cm³/mol. The zero-order chi connectivity index (χ0) is 15.5. The van der Waals surface area contributed by atoms with Crippen molar-refractivity contribution in [3.8, 4) is 0 Å². The molecule has 22 heavy (non-hydrogen) atoms. The van der Waals surface area contributed by atoms with Crippen molar-refractivity contribution in [2.24, 2.45) is 4.99 Å². The molecule has 1 heterocycles. The largest absolute Gasteiger partial charge is 0.423 e. The van der Waals surface area contributed by atoms with Gasteiger partial charge in [0.15, 0.2) is 0 Å². The molecule has 0 atom stereocenters. The molecule has 0 aliphatic heterocycles. The number of hydrogen-bond donors (Lipinski definition) is 0. The van der Waals surface area contributed by atoms with Gasteiger partial charge in [0, 0.05) is 29.8 Å². The first-order valence-electron chi connectivity index (χ1n) is 6.44. The van der Waals surface area contributed by atoms with E-state index in [2.05, 4.69) is 4.99 Å². The monoisotopic (exact) mass is 294 g/mol. The van der Waals surface area contributed by atoms with E-state index < -0.39 is 10.5 Å². The first kappa shape index (κ1) is 13.7. The molecule has 0 saturated heterocycles. The van der Waals surface area contributed by atoms with Crippen molar-refractivity contribution in [3.63, 3.8) is 0 Å². The lowest BCUT2D eigenvalue weighted by Gasteiger charge is -1.98. The van der Waals surface area contributed by atoms with Crippen LogP contribution in [0.5, 0.6) is 0 Å². The smallest absolute Gasteiger partial charge is 0.336 e. The van der Waals surface area contributed by atoms with Gasteiger partial charge in [-0.2, -0.15) is 0 Å². The molecule has 0 aliphatic rings. The van der Waals surface area contributed by atoms with E-state index in [1.807, 2.05) is 0 Å². The Morgan fingerprint density at radius 3 is 2.77 bits per heavy atom. The summed E-state index contributed by atoms with van der Waals surface area (Å²) in [5, 5.41) is 11.5. The number of nitro groups is 1. The van der Waals surface area contributed by atoms with Crippen LogP contribution in [0.4, 0.5) is 11.4 Å². The standard InChI is InChI=1S/C16H10N2O4/c19-16-7-4-12-9-13(5-6-15(12)22-16)17-10-11-2-1-3-14(8-11)18(20)21/h1-10H. The van der Waals surface area contributed by atoms with Crippen molar-refractivity contribution in [2.75, 3.05) is 0 Å². The molecule has 0 N–H and O–H groups in total. The number of fused-ring (bicyclic) bond motifs is 1. The number of rotatable bonds is 3. The molecular weight excluding hydrogens is 284 g/mol. The zero-order valence-electron chi connectivity index (χ0n) is 11.3. The fourth-order valence-corrected chi connectivity index (χ4v) is 2.01. The van der Waals surface area contributed by atoms with Crippen LogP contribution in [-0.4, -0.2) is 11.1 Å². The average molecular weight is 294 g/mol. The SMILES string of the molecule is O=c1ccc2cc(N=Cc3cccc([N+](=O)[O-])c3)ccc2o1. The van der Waals surface area contributed by atoms with Crippen molar-refractivity contribution in [1.29, 1.82) is 0 Å². The van der Waals surface area contributed by atoms with E-state index >= 15 is 0 Å². The van der Waals surface area contributed by atoms with Crippen molar-refractivity contribution in [1.82, 2.24) is 0 Å². The third-order valence-electron chi connectivity index (χ3n) is 3.05. The quantitative estimate of drug-likeness (QED) is 0.320. The number of benzene rings is 2. The Morgan fingerprint density at radius 2 is 1.95 bits per heavy atom. The van der Waals surface area contributed by atoms with Gasteiger partial charge < -0.3 is 4.42 Å². The Bertz CT molecular complexity index is 944. The second kappa shape index (κ2) is 5.61. The molecule has 0 aliphatic carbocycles. The Labute approximate surface area is 124 Å². The highest BCUT2D eigenvalue weighted by Crippen LogP contribution is 2.20. The molecule has 0 saturated carbocycles. The molecule has 0 spiro atoms. The topological polar surface area (TPSA) is 85.7 Å². The molecule has 108 valence electrons. The number of non-ortho nitro benzene ring substituents is 1. The second-order valence-electron chi connectivity index (χ2n) is 4.59. The van der Waals surface area contributed by atoms with Crippen LogP contribution in [0.2, 0.25) is 0 Å². The third kappa shape index (κ3) is 2.90. The minimum Gasteiger partial charge on any atom is -0.423 e. The molecule has 0 bridgehead atoms. The summed E-state index contributed by atoms with van der Waals surface area (Å²) in [6.45, 7) is 0. The Balaban J connectivity index is 1.92. The van der Waals surface area contributed by atoms with E-state index in [4.69, 9.17) is 4.42 Å². The van der Waals surface area contributed by atoms with Gasteiger partial charge in [0.2, 0.25) is 0 Å². The van der Waals surface area contributed by atoms with E-state index in [1.165, 1.54) is 18.2 Å². The molecule has 0 radical (unpaired) electrons. The minimum absolute atomic E-state index is 0.0178. The Hall–Kier alpha value is -3.28. The maximum absolute atomic E-state index is 11.1. The fraction of sp³-hybridized carbons (Fsp3) is 0. The molecule has 0 amide bonds. The molecule has 3 rings (SSSR count). The van der Waals surface area contributed by atoms with Crippen molar-refractivity contribution in [3.05, 3.63) is 80.7 Å². The average Bonchev–Trinajstić information content (AvgIpc) is 2.53. The van der Waals surface area contributed by atoms with Crippen LogP contribution in [0.1, 0.15) is 5.56 Å². The lowest BCUT2D eigenvalue weighted by molar-refractivity contribution is -0.384. The maximum atomic E-state index is 11.1. The maximum Gasteiger partial charge on any atom is 0.336 e. The van der Waals surface area contributed by atoms with E-state index in [-0.39, 0.29) is 5.69 Å². The molecule has 0 unspecified atom stereocenters. The van der Waals surface area contributed by atoms with Crippen LogP contribution < -0.4 is 5.63 Å². The second-order valence-corrected chi connectivity index (χ2v) is 4.59. The van der Waals surface area contributed by atoms with Gasteiger partial charge in [0.25, 0.3) is 5.69 Å². The summed E-state index contributed by atoms with van der Waals surface area (Å²) in [5.74, 6) is 0. The summed E-state index contributed by atoms with van der Waals surface area (Å²) in [5.41, 5.74) is 1.40. The summed E-state index contributed by atoms with van der Waals surface area (Å²) in [6.07, 6.45) is 1.55. The van der Waals surface area contributed by atoms with Crippen LogP contribution in [0.15, 0.2) is 68.8 Å². The molecule has 1 aromatic heterocycles. The van der Waals surface area contributed by atoms with Gasteiger partial charge in [0.05, 0.1) is 10.6 Å². The van der Waals surface area contributed by atoms with Crippen molar-refractivity contribution in [2.45, 2.75) is 0 Å². The van der Waals surface area contributed by atoms with Gasteiger partial charge in [-0.1, -0.05) is 12.1 Å². The molecule has 3 aromatic rings. The highest BCUT2D eigenvalue weighted by atomic mass is 16.6. The van der Waals surface area contributed by atoms with Gasteiger partial charge in [0.1, 0.15) is 5.58 Å². The summed E-state index contributed by atoms with van der Waals surface area (Å²) in [7, 11) is 0. The van der Waals surface area contributed by atoms with Gasteiger partial charge >= 0.3 is 5.63 Å². The van der Waals surface area contributed by atoms with Crippen LogP contribution in [0.25, 0.3) is 11.0 Å². The summed E-state index contributed by atoms with van der Waals surface area (Å²) in [4.78, 5) is 25.7. The third-order valence-corrected chi connectivity index (χ3v) is 3.05. The van der Waals surface area contributed by atoms with E-state index in [0.29, 0.717) is 16.8 Å². The van der Waals surface area contributed by atoms with Crippen LogP contribution in [0.3, 0.4) is 0 Å². The van der Waals surface area contributed by atoms with Gasteiger partial charge in [-0.3, -0.25) is 15.1 Å². The summed E-state index contributed by atoms with van der Waals surface area (Å²) >= 11 is 0. The van der Waals surface area contributed by atoms with E-state index in [9.17, 15) is 14.9 Å². The zero-order valence-corrected chi connectivity index (χ0v) is 11.3. The van der Waals surface area contributed by atoms with Gasteiger partial charge in [-0.05, 0) is 29.8 Å². The molecule has 6 nitrogen and oxygen atoms in total. The van der Waals surface area contributed by atoms with Gasteiger partial charge in [-0.25, -0.2) is 4.79 Å². The number of aliphatic imine (C=N–C) groups is 1. The van der Waals surface area contributed by atoms with Gasteiger partial charge in [-0.15, -0.1) is 0 Å². The van der Waals surface area contributed by atoms with Crippen LogP contribution in [-0.2, 0) is 0 Å². The normalized spacial score (nSPS) is 11.1. The Kier molecular flexibility index (Phi) is 3.49. The summed E-state index contributed by atoms with van der Waals surface area (Å²) < 4.78 is 5.04. The lowest BCUT2D eigenvalue weighted by atomic mass is 10.2. The minimum atomic E-state index is -0.449. The van der Waals surface area contributed by atoms with Crippen molar-refractivity contribution >= 4 is 28.6 Å². The van der Waals surface area contributed by atoms with Crippen LogP contribution in [0, 0.1) is 10.1 Å². The Morgan fingerprint density at radius 1 is 1.09 bits per heavy atom. The number of nitro benzene ring substituents is 1. The predicted octanol–water partition coefficient (Wildman–Crippen LogP) is 3.45. The lowest BCUT2D eigenvalue weighted by Crippen LogP contribution is -1.93. The van der Waals surface area contributed by atoms with E-state index in [0.717, 1.165) is 5.39 Å². The summed E-state index contributed by atoms with van der Waals surface area (Å²) in [6, 6.07) is 14.4. The highest BCUT2D eigenvalue weighted by molar-refractivity contribution is 5.85. The molecular formula is C16H10N2O4. The number of hydrogen-bond acceptors (Lipinski definition) is 5. The van der Waals surface area contributed by atoms with E-state index in [1.54, 1.807) is 42.6 Å². The molecule has 2 aromatic carbocycles. The first-order chi connectivity index (χ1) is 10.6. The van der Waals surface area contributed by atoms with Crippen molar-refractivity contribution < 1.29 is 9.34 Å². The molecule has 6 heteroatoms. The first-order valence-corrected chi connectivity index (χ1v) is 6.44. The molecule has 0 fully saturated rings. The fourth-order valence-electron chi connectivity index (χ4n) is 2.01. The highest BCUT2D eigenvalue weighted by Gasteiger charge is 2.04. The van der Waals surface area contributed by atoms with Crippen LogP contribution >= 0.6 is 0 Å². The number of nitrogens with zero attached hydrogens (tertiary/aromatic N) is 2.